The molecule has 0 aromatic heterocycles. The van der Waals surface area contributed by atoms with E-state index in [0.29, 0.717) is 13.0 Å². The monoisotopic (exact) mass is 283 g/mol. The van der Waals surface area contributed by atoms with Crippen LogP contribution in [0, 0.1) is 6.92 Å². The van der Waals surface area contributed by atoms with Gasteiger partial charge in [-0.25, -0.2) is 8.42 Å². The predicted molar refractivity (Wildman–Crippen MR) is 76.3 cm³/mol. The van der Waals surface area contributed by atoms with E-state index < -0.39 is 9.84 Å². The molecule has 1 saturated heterocycles. The summed E-state index contributed by atoms with van der Waals surface area (Å²) in [7, 11) is -1.44. The fraction of sp³-hybridized carbons (Fsp3) is 0.571. The van der Waals surface area contributed by atoms with Crippen molar-refractivity contribution in [3.05, 3.63) is 29.3 Å². The highest BCUT2D eigenvalue weighted by atomic mass is 32.2. The smallest absolute Gasteiger partial charge is 0.154 e. The Kier molecular flexibility index (Phi) is 4.16. The van der Waals surface area contributed by atoms with Crippen molar-refractivity contribution in [3.63, 3.8) is 0 Å². The second-order valence-corrected chi connectivity index (χ2v) is 7.64. The van der Waals surface area contributed by atoms with E-state index in [4.69, 9.17) is 4.74 Å². The minimum absolute atomic E-state index is 0.133. The molecule has 0 amide bonds. The standard InChI is InChI=1S/C14H21NO3S/c1-10-4-5-14(18-3)12(8-10)13-9-19(16,17)11(2)6-7-15-13/h4-5,8,11,13,15H,6-7,9H2,1-3H3. The molecule has 19 heavy (non-hydrogen) atoms. The first kappa shape index (κ1) is 14.3. The fourth-order valence-corrected chi connectivity index (χ4v) is 3.99. The van der Waals surface area contributed by atoms with Crippen molar-refractivity contribution < 1.29 is 13.2 Å². The summed E-state index contributed by atoms with van der Waals surface area (Å²) in [5.41, 5.74) is 2.03. The van der Waals surface area contributed by atoms with Gasteiger partial charge in [0.2, 0.25) is 0 Å². The molecule has 1 aromatic rings. The summed E-state index contributed by atoms with van der Waals surface area (Å²) >= 11 is 0. The molecule has 5 heteroatoms. The molecular formula is C14H21NO3S. The maximum atomic E-state index is 12.2. The topological polar surface area (TPSA) is 55.4 Å². The lowest BCUT2D eigenvalue weighted by Gasteiger charge is -2.19. The van der Waals surface area contributed by atoms with Crippen molar-refractivity contribution in [2.45, 2.75) is 31.6 Å². The second-order valence-electron chi connectivity index (χ2n) is 5.18. The van der Waals surface area contributed by atoms with E-state index in [2.05, 4.69) is 5.32 Å². The van der Waals surface area contributed by atoms with Gasteiger partial charge in [-0.05, 0) is 32.9 Å². The summed E-state index contributed by atoms with van der Waals surface area (Å²) in [6.45, 7) is 4.49. The summed E-state index contributed by atoms with van der Waals surface area (Å²) in [4.78, 5) is 0. The van der Waals surface area contributed by atoms with Crippen molar-refractivity contribution in [3.8, 4) is 5.75 Å². The molecule has 0 bridgehead atoms. The first-order valence-electron chi connectivity index (χ1n) is 6.53. The molecule has 1 heterocycles. The Bertz CT molecular complexity index is 554. The van der Waals surface area contributed by atoms with Gasteiger partial charge in [0.1, 0.15) is 5.75 Å². The second kappa shape index (κ2) is 5.51. The number of benzene rings is 1. The van der Waals surface area contributed by atoms with Crippen LogP contribution in [0.15, 0.2) is 18.2 Å². The van der Waals surface area contributed by atoms with E-state index in [-0.39, 0.29) is 17.0 Å². The van der Waals surface area contributed by atoms with Crippen LogP contribution in [0.25, 0.3) is 0 Å². The van der Waals surface area contributed by atoms with Gasteiger partial charge in [0, 0.05) is 11.6 Å². The summed E-state index contributed by atoms with van der Waals surface area (Å²) in [6.07, 6.45) is 0.660. The first-order valence-corrected chi connectivity index (χ1v) is 8.25. The van der Waals surface area contributed by atoms with Gasteiger partial charge in [0.05, 0.1) is 18.1 Å². The average molecular weight is 283 g/mol. The molecular weight excluding hydrogens is 262 g/mol. The third-order valence-corrected chi connectivity index (χ3v) is 5.97. The number of rotatable bonds is 2. The van der Waals surface area contributed by atoms with Crippen LogP contribution in [-0.4, -0.2) is 33.1 Å². The van der Waals surface area contributed by atoms with E-state index >= 15 is 0 Å². The summed E-state index contributed by atoms with van der Waals surface area (Å²) in [5, 5.41) is 3.05. The van der Waals surface area contributed by atoms with Gasteiger partial charge >= 0.3 is 0 Å². The molecule has 1 aromatic carbocycles. The quantitative estimate of drug-likeness (QED) is 0.900. The summed E-state index contributed by atoms with van der Waals surface area (Å²) in [5.74, 6) is 0.876. The molecule has 0 radical (unpaired) electrons. The fourth-order valence-electron chi connectivity index (χ4n) is 2.42. The molecule has 1 N–H and O–H groups in total. The van der Waals surface area contributed by atoms with Gasteiger partial charge in [-0.1, -0.05) is 17.7 Å². The Hall–Kier alpha value is -1.07. The third-order valence-electron chi connectivity index (χ3n) is 3.71. The van der Waals surface area contributed by atoms with Crippen molar-refractivity contribution >= 4 is 9.84 Å². The lowest BCUT2D eigenvalue weighted by molar-refractivity contribution is 0.402. The average Bonchev–Trinajstić information content (AvgIpc) is 2.49. The lowest BCUT2D eigenvalue weighted by Crippen LogP contribution is -2.26. The van der Waals surface area contributed by atoms with Crippen LogP contribution in [0.1, 0.15) is 30.5 Å². The highest BCUT2D eigenvalue weighted by Gasteiger charge is 2.30. The van der Waals surface area contributed by atoms with Crippen molar-refractivity contribution in [2.75, 3.05) is 19.4 Å². The van der Waals surface area contributed by atoms with Gasteiger partial charge in [-0.3, -0.25) is 0 Å². The van der Waals surface area contributed by atoms with Crippen LogP contribution in [-0.2, 0) is 9.84 Å². The molecule has 1 fully saturated rings. The first-order chi connectivity index (χ1) is 8.94. The SMILES string of the molecule is COc1ccc(C)cc1C1CS(=O)(=O)C(C)CCN1. The Morgan fingerprint density at radius 3 is 2.79 bits per heavy atom. The number of ether oxygens (including phenoxy) is 1. The number of hydrogen-bond donors (Lipinski definition) is 1. The van der Waals surface area contributed by atoms with E-state index in [9.17, 15) is 8.42 Å². The van der Waals surface area contributed by atoms with E-state index in [0.717, 1.165) is 16.9 Å². The van der Waals surface area contributed by atoms with Gasteiger partial charge in [0.25, 0.3) is 0 Å². The van der Waals surface area contributed by atoms with E-state index in [1.54, 1.807) is 14.0 Å². The minimum Gasteiger partial charge on any atom is -0.496 e. The molecule has 0 saturated carbocycles. The maximum Gasteiger partial charge on any atom is 0.154 e. The molecule has 2 atom stereocenters. The predicted octanol–water partition coefficient (Wildman–Crippen LogP) is 1.84. The molecule has 2 unspecified atom stereocenters. The molecule has 4 nitrogen and oxygen atoms in total. The number of methoxy groups -OCH3 is 1. The van der Waals surface area contributed by atoms with Crippen LogP contribution in [0.2, 0.25) is 0 Å². The molecule has 1 aliphatic rings. The highest BCUT2D eigenvalue weighted by Crippen LogP contribution is 2.29. The zero-order chi connectivity index (χ0) is 14.0. The Morgan fingerprint density at radius 2 is 2.11 bits per heavy atom. The van der Waals surface area contributed by atoms with Crippen LogP contribution < -0.4 is 10.1 Å². The third kappa shape index (κ3) is 3.09. The number of sulfone groups is 1. The molecule has 106 valence electrons. The normalized spacial score (nSPS) is 26.7. The van der Waals surface area contributed by atoms with Gasteiger partial charge in [-0.2, -0.15) is 0 Å². The largest absolute Gasteiger partial charge is 0.496 e. The molecule has 0 spiro atoms. The van der Waals surface area contributed by atoms with Crippen LogP contribution >= 0.6 is 0 Å². The highest BCUT2D eigenvalue weighted by molar-refractivity contribution is 7.92. The maximum absolute atomic E-state index is 12.2. The van der Waals surface area contributed by atoms with Gasteiger partial charge in [0.15, 0.2) is 9.84 Å². The van der Waals surface area contributed by atoms with Crippen molar-refractivity contribution in [1.29, 1.82) is 0 Å². The van der Waals surface area contributed by atoms with Crippen LogP contribution in [0.4, 0.5) is 0 Å². The van der Waals surface area contributed by atoms with Gasteiger partial charge in [-0.15, -0.1) is 0 Å². The Morgan fingerprint density at radius 1 is 1.37 bits per heavy atom. The number of aryl methyl sites for hydroxylation is 1. The van der Waals surface area contributed by atoms with Gasteiger partial charge < -0.3 is 10.1 Å². The summed E-state index contributed by atoms with van der Waals surface area (Å²) < 4.78 is 29.7. The number of nitrogens with one attached hydrogen (secondary N) is 1. The Balaban J connectivity index is 2.38. The molecule has 1 aliphatic heterocycles. The van der Waals surface area contributed by atoms with Crippen molar-refractivity contribution in [1.82, 2.24) is 5.32 Å². The Labute approximate surface area is 115 Å². The minimum atomic E-state index is -3.05. The lowest BCUT2D eigenvalue weighted by atomic mass is 10.0. The zero-order valence-corrected chi connectivity index (χ0v) is 12.5. The van der Waals surface area contributed by atoms with Crippen molar-refractivity contribution in [2.24, 2.45) is 0 Å². The van der Waals surface area contributed by atoms with Crippen LogP contribution in [0.3, 0.4) is 0 Å². The summed E-state index contributed by atoms with van der Waals surface area (Å²) in [6, 6.07) is 5.68. The van der Waals surface area contributed by atoms with Crippen LogP contribution in [0.5, 0.6) is 5.75 Å². The van der Waals surface area contributed by atoms with E-state index in [1.807, 2.05) is 25.1 Å². The van der Waals surface area contributed by atoms with E-state index in [1.165, 1.54) is 0 Å². The zero-order valence-electron chi connectivity index (χ0n) is 11.6. The number of hydrogen-bond acceptors (Lipinski definition) is 4. The molecule has 0 aliphatic carbocycles. The molecule has 2 rings (SSSR count).